The maximum absolute atomic E-state index is 12.3. The van der Waals surface area contributed by atoms with Gasteiger partial charge in [-0.2, -0.15) is 0 Å². The van der Waals surface area contributed by atoms with Crippen LogP contribution < -0.4 is 4.74 Å². The van der Waals surface area contributed by atoms with Gasteiger partial charge in [-0.15, -0.1) is 0 Å². The second-order valence-corrected chi connectivity index (χ2v) is 4.82. The highest BCUT2D eigenvalue weighted by Gasteiger charge is 2.15. The Hall–Kier alpha value is -2.03. The Morgan fingerprint density at radius 3 is 2.21 bits per heavy atom. The molecule has 0 saturated carbocycles. The number of carbonyl (C=O) groups is 1. The standard InChI is InChI=1S/C16H19NO2/c1-10-11(2)16(17-12(10)3)15(18)9-13-5-7-14(19-4)8-6-13/h5-8,17H,9H2,1-4H3. The van der Waals surface area contributed by atoms with Gasteiger partial charge in [-0.25, -0.2) is 0 Å². The van der Waals surface area contributed by atoms with Gasteiger partial charge in [0, 0.05) is 12.1 Å². The number of methoxy groups -OCH3 is 1. The predicted molar refractivity (Wildman–Crippen MR) is 76.0 cm³/mol. The topological polar surface area (TPSA) is 42.1 Å². The molecule has 0 fully saturated rings. The fourth-order valence-corrected chi connectivity index (χ4v) is 2.14. The van der Waals surface area contributed by atoms with Gasteiger partial charge >= 0.3 is 0 Å². The molecule has 0 bridgehead atoms. The molecule has 3 nitrogen and oxygen atoms in total. The minimum Gasteiger partial charge on any atom is -0.497 e. The molecule has 0 unspecified atom stereocenters. The highest BCUT2D eigenvalue weighted by atomic mass is 16.5. The normalized spacial score (nSPS) is 10.5. The van der Waals surface area contributed by atoms with Crippen molar-refractivity contribution in [2.45, 2.75) is 27.2 Å². The fourth-order valence-electron chi connectivity index (χ4n) is 2.14. The molecule has 1 aromatic carbocycles. The Kier molecular flexibility index (Phi) is 3.74. The first kappa shape index (κ1) is 13.4. The average Bonchev–Trinajstić information content (AvgIpc) is 2.67. The first-order valence-corrected chi connectivity index (χ1v) is 6.34. The smallest absolute Gasteiger partial charge is 0.183 e. The van der Waals surface area contributed by atoms with Gasteiger partial charge in [-0.1, -0.05) is 12.1 Å². The molecule has 0 radical (unpaired) electrons. The molecule has 2 rings (SSSR count). The molecule has 1 heterocycles. The molecule has 2 aromatic rings. The van der Waals surface area contributed by atoms with Crippen molar-refractivity contribution in [1.29, 1.82) is 0 Å². The number of aromatic amines is 1. The van der Waals surface area contributed by atoms with Crippen LogP contribution in [0.1, 0.15) is 32.9 Å². The highest BCUT2D eigenvalue weighted by Crippen LogP contribution is 2.19. The van der Waals surface area contributed by atoms with E-state index in [1.807, 2.05) is 45.0 Å². The predicted octanol–water partition coefficient (Wildman–Crippen LogP) is 3.37. The molecule has 0 aliphatic carbocycles. The molecule has 0 aliphatic heterocycles. The number of aromatic nitrogens is 1. The summed E-state index contributed by atoms with van der Waals surface area (Å²) in [4.78, 5) is 15.5. The van der Waals surface area contributed by atoms with E-state index >= 15 is 0 Å². The van der Waals surface area contributed by atoms with Gasteiger partial charge in [0.05, 0.1) is 12.8 Å². The first-order valence-electron chi connectivity index (χ1n) is 6.34. The van der Waals surface area contributed by atoms with Crippen molar-refractivity contribution in [1.82, 2.24) is 4.98 Å². The van der Waals surface area contributed by atoms with Crippen molar-refractivity contribution in [3.8, 4) is 5.75 Å². The molecule has 0 aliphatic rings. The molecule has 3 heteroatoms. The molecular formula is C16H19NO2. The number of carbonyl (C=O) groups excluding carboxylic acids is 1. The third-order valence-corrected chi connectivity index (χ3v) is 3.62. The van der Waals surface area contributed by atoms with Crippen molar-refractivity contribution in [2.75, 3.05) is 7.11 Å². The van der Waals surface area contributed by atoms with Gasteiger partial charge < -0.3 is 9.72 Å². The van der Waals surface area contributed by atoms with E-state index in [1.54, 1.807) is 7.11 Å². The molecule has 19 heavy (non-hydrogen) atoms. The zero-order valence-electron chi connectivity index (χ0n) is 11.8. The molecular weight excluding hydrogens is 238 g/mol. The number of ether oxygens (including phenoxy) is 1. The van der Waals surface area contributed by atoms with E-state index in [-0.39, 0.29) is 5.78 Å². The van der Waals surface area contributed by atoms with Crippen LogP contribution >= 0.6 is 0 Å². The molecule has 0 amide bonds. The molecule has 100 valence electrons. The summed E-state index contributed by atoms with van der Waals surface area (Å²) in [6.45, 7) is 6.01. The van der Waals surface area contributed by atoms with Gasteiger partial charge in [-0.3, -0.25) is 4.79 Å². The van der Waals surface area contributed by atoms with E-state index in [1.165, 1.54) is 0 Å². The van der Waals surface area contributed by atoms with Crippen molar-refractivity contribution in [3.63, 3.8) is 0 Å². The van der Waals surface area contributed by atoms with Crippen LogP contribution in [0.4, 0.5) is 0 Å². The summed E-state index contributed by atoms with van der Waals surface area (Å²) in [5, 5.41) is 0. The van der Waals surface area contributed by atoms with E-state index in [2.05, 4.69) is 4.98 Å². The maximum atomic E-state index is 12.3. The van der Waals surface area contributed by atoms with Crippen LogP contribution in [0, 0.1) is 20.8 Å². The lowest BCUT2D eigenvalue weighted by Gasteiger charge is -2.03. The van der Waals surface area contributed by atoms with Crippen LogP contribution in [0.3, 0.4) is 0 Å². The average molecular weight is 257 g/mol. The number of ketones is 1. The number of hydrogen-bond acceptors (Lipinski definition) is 2. The van der Waals surface area contributed by atoms with Crippen LogP contribution in [0.25, 0.3) is 0 Å². The van der Waals surface area contributed by atoms with Crippen LogP contribution in [0.2, 0.25) is 0 Å². The molecule has 0 spiro atoms. The SMILES string of the molecule is COc1ccc(CC(=O)c2[nH]c(C)c(C)c2C)cc1. The van der Waals surface area contributed by atoms with Crippen LogP contribution in [-0.2, 0) is 6.42 Å². The number of Topliss-reactive ketones (excluding diaryl/α,β-unsaturated/α-hetero) is 1. The van der Waals surface area contributed by atoms with Gasteiger partial charge in [-0.05, 0) is 49.6 Å². The van der Waals surface area contributed by atoms with Gasteiger partial charge in [0.1, 0.15) is 5.75 Å². The van der Waals surface area contributed by atoms with E-state index < -0.39 is 0 Å². The second-order valence-electron chi connectivity index (χ2n) is 4.82. The van der Waals surface area contributed by atoms with Gasteiger partial charge in [0.25, 0.3) is 0 Å². The van der Waals surface area contributed by atoms with Crippen LogP contribution in [0.15, 0.2) is 24.3 Å². The molecule has 0 saturated heterocycles. The van der Waals surface area contributed by atoms with Crippen molar-refractivity contribution in [3.05, 3.63) is 52.3 Å². The lowest BCUT2D eigenvalue weighted by molar-refractivity contribution is 0.0988. The Balaban J connectivity index is 2.18. The summed E-state index contributed by atoms with van der Waals surface area (Å²) >= 11 is 0. The van der Waals surface area contributed by atoms with Gasteiger partial charge in [0.15, 0.2) is 5.78 Å². The lowest BCUT2D eigenvalue weighted by Crippen LogP contribution is -2.05. The maximum Gasteiger partial charge on any atom is 0.183 e. The summed E-state index contributed by atoms with van der Waals surface area (Å²) in [5.41, 5.74) is 5.01. The Bertz CT molecular complexity index is 594. The zero-order valence-corrected chi connectivity index (χ0v) is 11.8. The summed E-state index contributed by atoms with van der Waals surface area (Å²) in [7, 11) is 1.63. The van der Waals surface area contributed by atoms with E-state index in [0.29, 0.717) is 6.42 Å². The van der Waals surface area contributed by atoms with E-state index in [9.17, 15) is 4.79 Å². The van der Waals surface area contributed by atoms with Crippen molar-refractivity contribution < 1.29 is 9.53 Å². The largest absolute Gasteiger partial charge is 0.497 e. The van der Waals surface area contributed by atoms with Crippen molar-refractivity contribution in [2.24, 2.45) is 0 Å². The number of hydrogen-bond donors (Lipinski definition) is 1. The van der Waals surface area contributed by atoms with Crippen LogP contribution in [-0.4, -0.2) is 17.9 Å². The summed E-state index contributed by atoms with van der Waals surface area (Å²) in [6, 6.07) is 7.60. The highest BCUT2D eigenvalue weighted by molar-refractivity contribution is 5.97. The van der Waals surface area contributed by atoms with Crippen molar-refractivity contribution >= 4 is 5.78 Å². The minimum atomic E-state index is 0.124. The first-order chi connectivity index (χ1) is 9.02. The monoisotopic (exact) mass is 257 g/mol. The number of H-pyrrole nitrogens is 1. The Morgan fingerprint density at radius 1 is 1.11 bits per heavy atom. The Labute approximate surface area is 113 Å². The third-order valence-electron chi connectivity index (χ3n) is 3.62. The number of nitrogens with one attached hydrogen (secondary N) is 1. The van der Waals surface area contributed by atoms with E-state index in [4.69, 9.17) is 4.74 Å². The fraction of sp³-hybridized carbons (Fsp3) is 0.312. The summed E-state index contributed by atoms with van der Waals surface area (Å²) in [6.07, 6.45) is 0.407. The molecule has 1 N–H and O–H groups in total. The second kappa shape index (κ2) is 5.31. The zero-order chi connectivity index (χ0) is 14.0. The third kappa shape index (κ3) is 2.70. The summed E-state index contributed by atoms with van der Waals surface area (Å²) < 4.78 is 5.11. The number of aryl methyl sites for hydroxylation is 1. The lowest BCUT2D eigenvalue weighted by atomic mass is 10.0. The minimum absolute atomic E-state index is 0.124. The van der Waals surface area contributed by atoms with E-state index in [0.717, 1.165) is 33.8 Å². The summed E-state index contributed by atoms with van der Waals surface area (Å²) in [5.74, 6) is 0.929. The molecule has 0 atom stereocenters. The number of benzene rings is 1. The number of rotatable bonds is 4. The van der Waals surface area contributed by atoms with Crippen LogP contribution in [0.5, 0.6) is 5.75 Å². The molecule has 1 aromatic heterocycles. The quantitative estimate of drug-likeness (QED) is 0.853. The Morgan fingerprint density at radius 2 is 1.74 bits per heavy atom. The van der Waals surface area contributed by atoms with Gasteiger partial charge in [0.2, 0.25) is 0 Å².